The number of hydrogen-bond donors (Lipinski definition) is 2. The lowest BCUT2D eigenvalue weighted by Crippen LogP contribution is -2.49. The van der Waals surface area contributed by atoms with Gasteiger partial charge in [-0.3, -0.25) is 4.79 Å². The van der Waals surface area contributed by atoms with Crippen molar-refractivity contribution in [3.8, 4) is 0 Å². The van der Waals surface area contributed by atoms with Gasteiger partial charge in [-0.2, -0.15) is 4.99 Å². The molecule has 3 N–H and O–H groups in total. The first-order valence-electron chi connectivity index (χ1n) is 4.00. The quantitative estimate of drug-likeness (QED) is 0.352. The minimum absolute atomic E-state index is 0.244. The predicted molar refractivity (Wildman–Crippen MR) is 46.7 cm³/mol. The second kappa shape index (κ2) is 4.06. The van der Waals surface area contributed by atoms with Gasteiger partial charge in [-0.15, -0.1) is 0 Å². The van der Waals surface area contributed by atoms with Crippen LogP contribution in [0.5, 0.6) is 0 Å². The summed E-state index contributed by atoms with van der Waals surface area (Å²) in [5.74, 6) is 0.0926. The average molecular weight is 170 g/mol. The van der Waals surface area contributed by atoms with E-state index in [2.05, 4.69) is 10.3 Å². The maximum Gasteiger partial charge on any atom is 0.245 e. The van der Waals surface area contributed by atoms with Crippen molar-refractivity contribution in [1.29, 1.82) is 0 Å². The number of carbonyl (C=O) groups is 1. The van der Waals surface area contributed by atoms with E-state index in [-0.39, 0.29) is 5.91 Å². The SMILES string of the molecule is CC(=O)N=C(N)N1CCNCC1. The molecule has 0 aromatic heterocycles. The molecule has 1 amide bonds. The van der Waals surface area contributed by atoms with Crippen LogP contribution in [0.15, 0.2) is 4.99 Å². The van der Waals surface area contributed by atoms with Gasteiger partial charge in [0.25, 0.3) is 0 Å². The molecular weight excluding hydrogens is 156 g/mol. The summed E-state index contributed by atoms with van der Waals surface area (Å²) in [6.45, 7) is 4.84. The van der Waals surface area contributed by atoms with Gasteiger partial charge in [-0.1, -0.05) is 0 Å². The minimum Gasteiger partial charge on any atom is -0.369 e. The fourth-order valence-corrected chi connectivity index (χ4v) is 1.13. The highest BCUT2D eigenvalue weighted by molar-refractivity contribution is 5.91. The van der Waals surface area contributed by atoms with Crippen LogP contribution in [0.2, 0.25) is 0 Å². The van der Waals surface area contributed by atoms with E-state index in [0.29, 0.717) is 5.96 Å². The lowest BCUT2D eigenvalue weighted by molar-refractivity contribution is -0.115. The molecule has 5 nitrogen and oxygen atoms in total. The molecule has 0 aliphatic carbocycles. The maximum absolute atomic E-state index is 10.6. The van der Waals surface area contributed by atoms with E-state index in [1.807, 2.05) is 4.90 Å². The summed E-state index contributed by atoms with van der Waals surface area (Å²) in [4.78, 5) is 16.1. The predicted octanol–water partition coefficient (Wildman–Crippen LogP) is -1.25. The van der Waals surface area contributed by atoms with Crippen molar-refractivity contribution < 1.29 is 4.79 Å². The third-order valence-electron chi connectivity index (χ3n) is 1.71. The standard InChI is InChI=1S/C7H14N4O/c1-6(12)10-7(8)11-4-2-9-3-5-11/h9H,2-5H2,1H3,(H2,8,10,12). The molecule has 0 atom stereocenters. The zero-order valence-corrected chi connectivity index (χ0v) is 7.21. The van der Waals surface area contributed by atoms with Crippen molar-refractivity contribution in [2.75, 3.05) is 26.2 Å². The van der Waals surface area contributed by atoms with Gasteiger partial charge >= 0.3 is 0 Å². The van der Waals surface area contributed by atoms with Crippen molar-refractivity contribution in [2.24, 2.45) is 10.7 Å². The van der Waals surface area contributed by atoms with Crippen LogP contribution in [-0.4, -0.2) is 42.9 Å². The first-order chi connectivity index (χ1) is 5.70. The van der Waals surface area contributed by atoms with Gasteiger partial charge in [-0.05, 0) is 0 Å². The third-order valence-corrected chi connectivity index (χ3v) is 1.71. The number of hydrogen-bond acceptors (Lipinski definition) is 2. The molecule has 0 radical (unpaired) electrons. The molecule has 1 fully saturated rings. The summed E-state index contributed by atoms with van der Waals surface area (Å²) in [5.41, 5.74) is 5.58. The van der Waals surface area contributed by atoms with Crippen LogP contribution in [0.1, 0.15) is 6.92 Å². The molecule has 0 saturated carbocycles. The molecule has 5 heteroatoms. The Labute approximate surface area is 71.6 Å². The molecular formula is C7H14N4O. The van der Waals surface area contributed by atoms with Crippen LogP contribution in [0.25, 0.3) is 0 Å². The smallest absolute Gasteiger partial charge is 0.245 e. The molecule has 0 aromatic carbocycles. The fraction of sp³-hybridized carbons (Fsp3) is 0.714. The number of guanidine groups is 1. The first kappa shape index (κ1) is 8.99. The van der Waals surface area contributed by atoms with Crippen molar-refractivity contribution in [3.63, 3.8) is 0 Å². The maximum atomic E-state index is 10.6. The molecule has 1 heterocycles. The van der Waals surface area contributed by atoms with E-state index in [1.54, 1.807) is 0 Å². The van der Waals surface area contributed by atoms with Crippen LogP contribution < -0.4 is 11.1 Å². The molecule has 68 valence electrons. The summed E-state index contributed by atoms with van der Waals surface area (Å²) in [7, 11) is 0. The second-order valence-corrected chi connectivity index (χ2v) is 2.73. The molecule has 12 heavy (non-hydrogen) atoms. The Morgan fingerprint density at radius 3 is 2.58 bits per heavy atom. The number of piperazine rings is 1. The average Bonchev–Trinajstić information content (AvgIpc) is 2.05. The number of nitrogens with two attached hydrogens (primary N) is 1. The summed E-state index contributed by atoms with van der Waals surface area (Å²) in [6, 6.07) is 0. The Balaban J connectivity index is 2.49. The summed E-state index contributed by atoms with van der Waals surface area (Å²) in [5, 5.41) is 3.19. The molecule has 0 aromatic rings. The zero-order valence-electron chi connectivity index (χ0n) is 7.21. The van der Waals surface area contributed by atoms with Gasteiger partial charge in [0.2, 0.25) is 5.91 Å². The number of carbonyl (C=O) groups excluding carboxylic acids is 1. The topological polar surface area (TPSA) is 70.7 Å². The van der Waals surface area contributed by atoms with Crippen molar-refractivity contribution >= 4 is 11.9 Å². The Kier molecular flexibility index (Phi) is 3.04. The molecule has 0 unspecified atom stereocenters. The summed E-state index contributed by atoms with van der Waals surface area (Å²) < 4.78 is 0. The molecule has 1 aliphatic heterocycles. The van der Waals surface area contributed by atoms with E-state index in [9.17, 15) is 4.79 Å². The van der Waals surface area contributed by atoms with Crippen LogP contribution in [0, 0.1) is 0 Å². The Bertz CT molecular complexity index is 196. The first-order valence-corrected chi connectivity index (χ1v) is 4.00. The second-order valence-electron chi connectivity index (χ2n) is 2.73. The van der Waals surface area contributed by atoms with Crippen molar-refractivity contribution in [3.05, 3.63) is 0 Å². The van der Waals surface area contributed by atoms with Gasteiger partial charge < -0.3 is 16.0 Å². The zero-order chi connectivity index (χ0) is 8.97. The van der Waals surface area contributed by atoms with Gasteiger partial charge in [0.15, 0.2) is 5.96 Å². The number of rotatable bonds is 0. The summed E-state index contributed by atoms with van der Waals surface area (Å²) in [6.07, 6.45) is 0. The highest BCUT2D eigenvalue weighted by Crippen LogP contribution is 1.91. The van der Waals surface area contributed by atoms with Crippen LogP contribution in [0.4, 0.5) is 0 Å². The van der Waals surface area contributed by atoms with Crippen molar-refractivity contribution in [2.45, 2.75) is 6.92 Å². The van der Waals surface area contributed by atoms with E-state index >= 15 is 0 Å². The molecule has 1 saturated heterocycles. The molecule has 0 bridgehead atoms. The number of nitrogens with one attached hydrogen (secondary N) is 1. The van der Waals surface area contributed by atoms with Crippen LogP contribution in [0.3, 0.4) is 0 Å². The van der Waals surface area contributed by atoms with Gasteiger partial charge in [0.1, 0.15) is 0 Å². The van der Waals surface area contributed by atoms with Gasteiger partial charge in [-0.25, -0.2) is 0 Å². The van der Waals surface area contributed by atoms with Crippen LogP contribution in [-0.2, 0) is 4.79 Å². The lowest BCUT2D eigenvalue weighted by atomic mass is 10.4. The van der Waals surface area contributed by atoms with Crippen molar-refractivity contribution in [1.82, 2.24) is 10.2 Å². The number of aliphatic imine (C=N–C) groups is 1. The van der Waals surface area contributed by atoms with Gasteiger partial charge in [0.05, 0.1) is 0 Å². The minimum atomic E-state index is -0.244. The number of amides is 1. The Morgan fingerprint density at radius 1 is 1.50 bits per heavy atom. The van der Waals surface area contributed by atoms with Crippen LogP contribution >= 0.6 is 0 Å². The number of nitrogens with zero attached hydrogens (tertiary/aromatic N) is 2. The highest BCUT2D eigenvalue weighted by Gasteiger charge is 2.11. The molecule has 0 spiro atoms. The normalized spacial score (nSPS) is 19.4. The van der Waals surface area contributed by atoms with E-state index in [4.69, 9.17) is 5.73 Å². The van der Waals surface area contributed by atoms with E-state index in [1.165, 1.54) is 6.92 Å². The fourth-order valence-electron chi connectivity index (χ4n) is 1.13. The largest absolute Gasteiger partial charge is 0.369 e. The Morgan fingerprint density at radius 2 is 2.08 bits per heavy atom. The van der Waals surface area contributed by atoms with E-state index < -0.39 is 0 Å². The van der Waals surface area contributed by atoms with E-state index in [0.717, 1.165) is 26.2 Å². The van der Waals surface area contributed by atoms with Gasteiger partial charge in [0, 0.05) is 33.1 Å². The highest BCUT2D eigenvalue weighted by atomic mass is 16.1. The summed E-state index contributed by atoms with van der Waals surface area (Å²) >= 11 is 0. The third kappa shape index (κ3) is 2.50. The Hall–Kier alpha value is -1.10. The molecule has 1 aliphatic rings. The molecule has 1 rings (SSSR count). The monoisotopic (exact) mass is 170 g/mol. The lowest BCUT2D eigenvalue weighted by Gasteiger charge is -2.27.